The highest BCUT2D eigenvalue weighted by Crippen LogP contribution is 2.32. The minimum Gasteiger partial charge on any atom is -0.300 e. The van der Waals surface area contributed by atoms with Gasteiger partial charge in [-0.3, -0.25) is 14.3 Å². The van der Waals surface area contributed by atoms with Crippen molar-refractivity contribution in [3.63, 3.8) is 0 Å². The second kappa shape index (κ2) is 6.40. The SMILES string of the molecule is CC1CCc2nc(NC(=O)Cn3ncc(=O)c4ccccc43)sc2C1. The van der Waals surface area contributed by atoms with Crippen molar-refractivity contribution < 1.29 is 4.79 Å². The van der Waals surface area contributed by atoms with E-state index in [1.807, 2.05) is 6.07 Å². The zero-order valence-corrected chi connectivity index (χ0v) is 14.7. The molecule has 1 atom stereocenters. The molecule has 1 aliphatic rings. The number of rotatable bonds is 3. The molecule has 1 aliphatic carbocycles. The van der Waals surface area contributed by atoms with Gasteiger partial charge in [-0.15, -0.1) is 11.3 Å². The first-order valence-corrected chi connectivity index (χ1v) is 9.15. The van der Waals surface area contributed by atoms with Crippen LogP contribution < -0.4 is 10.7 Å². The molecule has 2 aromatic heterocycles. The van der Waals surface area contributed by atoms with Crippen LogP contribution in [0, 0.1) is 5.92 Å². The Balaban J connectivity index is 1.54. The van der Waals surface area contributed by atoms with E-state index in [-0.39, 0.29) is 17.9 Å². The molecule has 0 radical (unpaired) electrons. The van der Waals surface area contributed by atoms with Crippen molar-refractivity contribution in [2.45, 2.75) is 32.7 Å². The second-order valence-electron chi connectivity index (χ2n) is 6.47. The highest BCUT2D eigenvalue weighted by Gasteiger charge is 2.20. The molecule has 6 nitrogen and oxygen atoms in total. The molecule has 3 aromatic rings. The van der Waals surface area contributed by atoms with E-state index in [2.05, 4.69) is 22.3 Å². The van der Waals surface area contributed by atoms with Gasteiger partial charge in [-0.2, -0.15) is 5.10 Å². The number of aromatic nitrogens is 3. The summed E-state index contributed by atoms with van der Waals surface area (Å²) in [5.74, 6) is 0.480. The summed E-state index contributed by atoms with van der Waals surface area (Å²) in [4.78, 5) is 30.1. The molecule has 128 valence electrons. The van der Waals surface area contributed by atoms with Crippen molar-refractivity contribution >= 4 is 33.3 Å². The molecule has 0 saturated carbocycles. The van der Waals surface area contributed by atoms with Crippen LogP contribution >= 0.6 is 11.3 Å². The maximum Gasteiger partial charge on any atom is 0.247 e. The van der Waals surface area contributed by atoms with Crippen LogP contribution in [0.2, 0.25) is 0 Å². The molecule has 1 unspecified atom stereocenters. The number of amides is 1. The second-order valence-corrected chi connectivity index (χ2v) is 7.55. The number of thiazole rings is 1. The number of hydrogen-bond donors (Lipinski definition) is 1. The van der Waals surface area contributed by atoms with Gasteiger partial charge >= 0.3 is 0 Å². The Bertz CT molecular complexity index is 1010. The van der Waals surface area contributed by atoms with Crippen molar-refractivity contribution in [3.8, 4) is 0 Å². The standard InChI is InChI=1S/C18H18N4O2S/c1-11-6-7-13-16(8-11)25-18(20-13)21-17(24)10-22-14-5-3-2-4-12(14)15(23)9-19-22/h2-5,9,11H,6-8,10H2,1H3,(H,20,21,24). The van der Waals surface area contributed by atoms with Gasteiger partial charge in [0.25, 0.3) is 0 Å². The highest BCUT2D eigenvalue weighted by molar-refractivity contribution is 7.15. The molecule has 0 spiro atoms. The van der Waals surface area contributed by atoms with Crippen LogP contribution in [0.3, 0.4) is 0 Å². The number of carbonyl (C=O) groups is 1. The van der Waals surface area contributed by atoms with E-state index in [0.29, 0.717) is 22.0 Å². The van der Waals surface area contributed by atoms with Crippen molar-refractivity contribution in [3.05, 3.63) is 51.3 Å². The van der Waals surface area contributed by atoms with Crippen LogP contribution in [0.1, 0.15) is 23.9 Å². The van der Waals surface area contributed by atoms with Crippen LogP contribution in [-0.4, -0.2) is 20.7 Å². The Morgan fingerprint density at radius 3 is 3.12 bits per heavy atom. The van der Waals surface area contributed by atoms with Gasteiger partial charge in [0.2, 0.25) is 11.3 Å². The lowest BCUT2D eigenvalue weighted by atomic mass is 9.93. The summed E-state index contributed by atoms with van der Waals surface area (Å²) in [5.41, 5.74) is 1.62. The molecule has 2 heterocycles. The van der Waals surface area contributed by atoms with Crippen molar-refractivity contribution in [2.75, 3.05) is 5.32 Å². The molecular formula is C18H18N4O2S. The number of para-hydroxylation sites is 1. The molecule has 1 N–H and O–H groups in total. The Labute approximate surface area is 148 Å². The van der Waals surface area contributed by atoms with Gasteiger partial charge in [0.05, 0.1) is 17.4 Å². The number of benzene rings is 1. The number of nitrogens with zero attached hydrogens (tertiary/aromatic N) is 3. The molecule has 7 heteroatoms. The van der Waals surface area contributed by atoms with Gasteiger partial charge in [0.15, 0.2) is 5.13 Å². The zero-order chi connectivity index (χ0) is 17.4. The lowest BCUT2D eigenvalue weighted by Gasteiger charge is -2.15. The molecule has 0 saturated heterocycles. The largest absolute Gasteiger partial charge is 0.300 e. The third kappa shape index (κ3) is 3.19. The zero-order valence-electron chi connectivity index (χ0n) is 13.9. The molecule has 0 fully saturated rings. The lowest BCUT2D eigenvalue weighted by molar-refractivity contribution is -0.116. The Morgan fingerprint density at radius 1 is 1.40 bits per heavy atom. The van der Waals surface area contributed by atoms with Crippen LogP contribution in [0.4, 0.5) is 5.13 Å². The first kappa shape index (κ1) is 16.0. The van der Waals surface area contributed by atoms with Gasteiger partial charge in [-0.1, -0.05) is 19.1 Å². The predicted octanol–water partition coefficient (Wildman–Crippen LogP) is 2.62. The van der Waals surface area contributed by atoms with Crippen LogP contribution in [0.5, 0.6) is 0 Å². The van der Waals surface area contributed by atoms with Crippen LogP contribution in [0.25, 0.3) is 10.9 Å². The number of carbonyl (C=O) groups excluding carboxylic acids is 1. The summed E-state index contributed by atoms with van der Waals surface area (Å²) in [6, 6.07) is 7.16. The number of nitrogens with one attached hydrogen (secondary N) is 1. The monoisotopic (exact) mass is 354 g/mol. The molecule has 1 aromatic carbocycles. The summed E-state index contributed by atoms with van der Waals surface area (Å²) >= 11 is 1.56. The van der Waals surface area contributed by atoms with E-state index in [1.165, 1.54) is 11.1 Å². The van der Waals surface area contributed by atoms with Crippen molar-refractivity contribution in [1.82, 2.24) is 14.8 Å². The topological polar surface area (TPSA) is 76.9 Å². The molecule has 4 rings (SSSR count). The third-order valence-electron chi connectivity index (χ3n) is 4.49. The Morgan fingerprint density at radius 2 is 2.24 bits per heavy atom. The Kier molecular flexibility index (Phi) is 4.09. The molecule has 25 heavy (non-hydrogen) atoms. The quantitative estimate of drug-likeness (QED) is 0.784. The van der Waals surface area contributed by atoms with E-state index in [4.69, 9.17) is 0 Å². The summed E-state index contributed by atoms with van der Waals surface area (Å²) in [6.45, 7) is 2.29. The van der Waals surface area contributed by atoms with Gasteiger partial charge < -0.3 is 5.32 Å². The average Bonchev–Trinajstić information content (AvgIpc) is 2.99. The summed E-state index contributed by atoms with van der Waals surface area (Å²) in [7, 11) is 0. The van der Waals surface area contributed by atoms with Crippen molar-refractivity contribution in [1.29, 1.82) is 0 Å². The van der Waals surface area contributed by atoms with Gasteiger partial charge in [0, 0.05) is 10.3 Å². The number of fused-ring (bicyclic) bond motifs is 2. The fraction of sp³-hybridized carbons (Fsp3) is 0.333. The lowest BCUT2D eigenvalue weighted by Crippen LogP contribution is -2.22. The number of anilines is 1. The Hall–Kier alpha value is -2.54. The first-order chi connectivity index (χ1) is 12.1. The third-order valence-corrected chi connectivity index (χ3v) is 5.52. The fourth-order valence-electron chi connectivity index (χ4n) is 3.18. The smallest absolute Gasteiger partial charge is 0.247 e. The van der Waals surface area contributed by atoms with E-state index in [9.17, 15) is 9.59 Å². The average molecular weight is 354 g/mol. The van der Waals surface area contributed by atoms with E-state index in [1.54, 1.807) is 34.2 Å². The number of hydrogen-bond acceptors (Lipinski definition) is 5. The fourth-order valence-corrected chi connectivity index (χ4v) is 4.36. The maximum absolute atomic E-state index is 12.4. The molecular weight excluding hydrogens is 336 g/mol. The minimum absolute atomic E-state index is 0.0431. The van der Waals surface area contributed by atoms with Crippen molar-refractivity contribution in [2.24, 2.45) is 5.92 Å². The molecule has 0 bridgehead atoms. The number of aryl methyl sites for hydroxylation is 1. The van der Waals surface area contributed by atoms with Crippen LogP contribution in [-0.2, 0) is 24.2 Å². The molecule has 0 aliphatic heterocycles. The van der Waals surface area contributed by atoms with E-state index in [0.717, 1.165) is 25.0 Å². The molecule has 1 amide bonds. The normalized spacial score (nSPS) is 16.6. The van der Waals surface area contributed by atoms with E-state index >= 15 is 0 Å². The minimum atomic E-state index is -0.194. The van der Waals surface area contributed by atoms with Gasteiger partial charge in [0.1, 0.15) is 6.54 Å². The summed E-state index contributed by atoms with van der Waals surface area (Å²) in [6.07, 6.45) is 4.42. The van der Waals surface area contributed by atoms with E-state index < -0.39 is 0 Å². The summed E-state index contributed by atoms with van der Waals surface area (Å²) < 4.78 is 1.54. The van der Waals surface area contributed by atoms with Gasteiger partial charge in [-0.05, 0) is 37.3 Å². The van der Waals surface area contributed by atoms with Gasteiger partial charge in [-0.25, -0.2) is 4.98 Å². The first-order valence-electron chi connectivity index (χ1n) is 8.33. The highest BCUT2D eigenvalue weighted by atomic mass is 32.1. The predicted molar refractivity (Wildman–Crippen MR) is 97.9 cm³/mol. The van der Waals surface area contributed by atoms with Crippen LogP contribution in [0.15, 0.2) is 35.3 Å². The summed E-state index contributed by atoms with van der Waals surface area (Å²) in [5, 5.41) is 8.17. The maximum atomic E-state index is 12.4.